The number of aromatic nitrogens is 2. The Morgan fingerprint density at radius 2 is 2.12 bits per heavy atom. The molecule has 0 aliphatic rings. The first-order valence-electron chi connectivity index (χ1n) is 8.66. The summed E-state index contributed by atoms with van der Waals surface area (Å²) in [5.41, 5.74) is 0. The predicted molar refractivity (Wildman–Crippen MR) is 103 cm³/mol. The third-order valence-corrected chi connectivity index (χ3v) is 5.77. The number of urea groups is 1. The molecule has 8 heteroatoms. The van der Waals surface area contributed by atoms with E-state index in [0.717, 1.165) is 35.8 Å². The molecule has 0 aliphatic carbocycles. The van der Waals surface area contributed by atoms with E-state index in [9.17, 15) is 4.79 Å². The van der Waals surface area contributed by atoms with Crippen LogP contribution in [0.25, 0.3) is 0 Å². The largest absolute Gasteiger partial charge is 0.445 e. The van der Waals surface area contributed by atoms with Gasteiger partial charge in [-0.15, -0.1) is 11.8 Å². The highest BCUT2D eigenvalue weighted by atomic mass is 32.2. The molecule has 1 N–H and O–H groups in total. The van der Waals surface area contributed by atoms with E-state index in [1.54, 1.807) is 29.1 Å². The van der Waals surface area contributed by atoms with Crippen LogP contribution in [-0.2, 0) is 12.2 Å². The summed E-state index contributed by atoms with van der Waals surface area (Å²) in [6, 6.07) is -0.109. The van der Waals surface area contributed by atoms with Crippen LogP contribution >= 0.6 is 23.1 Å². The van der Waals surface area contributed by atoms with Gasteiger partial charge in [-0.25, -0.2) is 14.8 Å². The summed E-state index contributed by atoms with van der Waals surface area (Å²) < 4.78 is 6.61. The van der Waals surface area contributed by atoms with Crippen LogP contribution in [0.5, 0.6) is 0 Å². The number of amides is 2. The Bertz CT molecular complexity index is 657. The van der Waals surface area contributed by atoms with E-state index in [2.05, 4.69) is 22.2 Å². The van der Waals surface area contributed by atoms with Crippen LogP contribution in [0.2, 0.25) is 0 Å². The molecule has 0 atom stereocenters. The number of oxazole rings is 1. The quantitative estimate of drug-likeness (QED) is 0.461. The maximum absolute atomic E-state index is 12.2. The van der Waals surface area contributed by atoms with Crippen molar-refractivity contribution in [3.63, 3.8) is 0 Å². The maximum Gasteiger partial charge on any atom is 0.323 e. The van der Waals surface area contributed by atoms with Crippen LogP contribution in [0.4, 0.5) is 9.93 Å². The van der Waals surface area contributed by atoms with E-state index in [0.29, 0.717) is 16.8 Å². The number of carbonyl (C=O) groups is 1. The van der Waals surface area contributed by atoms with Gasteiger partial charge in [-0.3, -0.25) is 5.32 Å². The van der Waals surface area contributed by atoms with Crippen LogP contribution in [-0.4, -0.2) is 34.5 Å². The SMILES string of the molecule is CCCCCCN(C)C(=O)Nc1ncc(SCc2ncc(CC)o2)s1. The first kappa shape index (κ1) is 19.8. The Hall–Kier alpha value is -1.54. The molecule has 0 saturated carbocycles. The molecule has 0 radical (unpaired) electrons. The monoisotopic (exact) mass is 382 g/mol. The minimum atomic E-state index is -0.109. The van der Waals surface area contributed by atoms with Gasteiger partial charge in [0.05, 0.1) is 22.4 Å². The van der Waals surface area contributed by atoms with Gasteiger partial charge in [0.25, 0.3) is 0 Å². The molecule has 0 fully saturated rings. The zero-order valence-electron chi connectivity index (χ0n) is 15.1. The topological polar surface area (TPSA) is 71.3 Å². The molecule has 2 heterocycles. The van der Waals surface area contributed by atoms with E-state index in [-0.39, 0.29) is 6.03 Å². The molecule has 6 nitrogen and oxygen atoms in total. The zero-order chi connectivity index (χ0) is 18.1. The van der Waals surface area contributed by atoms with Gasteiger partial charge in [0.2, 0.25) is 5.89 Å². The van der Waals surface area contributed by atoms with Crippen LogP contribution in [0.1, 0.15) is 51.2 Å². The summed E-state index contributed by atoms with van der Waals surface area (Å²) in [6.45, 7) is 4.98. The molecule has 25 heavy (non-hydrogen) atoms. The Balaban J connectivity index is 1.75. The average Bonchev–Trinajstić information content (AvgIpc) is 3.25. The lowest BCUT2D eigenvalue weighted by atomic mass is 10.2. The van der Waals surface area contributed by atoms with Gasteiger partial charge in [-0.2, -0.15) is 0 Å². The number of hydrogen-bond acceptors (Lipinski definition) is 6. The van der Waals surface area contributed by atoms with E-state index in [1.807, 2.05) is 14.0 Å². The van der Waals surface area contributed by atoms with Gasteiger partial charge in [-0.05, 0) is 6.42 Å². The van der Waals surface area contributed by atoms with Crippen LogP contribution < -0.4 is 5.32 Å². The van der Waals surface area contributed by atoms with Gasteiger partial charge in [0.15, 0.2) is 5.13 Å². The number of rotatable bonds is 10. The normalized spacial score (nSPS) is 10.8. The number of anilines is 1. The standard InChI is InChI=1S/C17H26N4O2S2/c1-4-6-7-8-9-21(3)17(22)20-16-19-11-15(25-16)24-12-14-18-10-13(5-2)23-14/h10-11H,4-9,12H2,1-3H3,(H,19,20,22). The minimum absolute atomic E-state index is 0.109. The second-order valence-corrected chi connectivity index (χ2v) is 8.07. The van der Waals surface area contributed by atoms with Crippen molar-refractivity contribution in [3.8, 4) is 0 Å². The molecular formula is C17H26N4O2S2. The second-order valence-electron chi connectivity index (χ2n) is 5.76. The van der Waals surface area contributed by atoms with E-state index in [1.165, 1.54) is 24.2 Å². The smallest absolute Gasteiger partial charge is 0.323 e. The summed E-state index contributed by atoms with van der Waals surface area (Å²) in [7, 11) is 1.82. The molecule has 0 saturated heterocycles. The van der Waals surface area contributed by atoms with Crippen molar-refractivity contribution in [3.05, 3.63) is 24.0 Å². The summed E-state index contributed by atoms with van der Waals surface area (Å²) in [5.74, 6) is 2.27. The number of hydrogen-bond donors (Lipinski definition) is 1. The Kier molecular flexibility index (Phi) is 8.27. The molecule has 2 rings (SSSR count). The zero-order valence-corrected chi connectivity index (χ0v) is 16.7. The van der Waals surface area contributed by atoms with Gasteiger partial charge in [-0.1, -0.05) is 44.4 Å². The molecule has 0 unspecified atom stereocenters. The summed E-state index contributed by atoms with van der Waals surface area (Å²) in [4.78, 5) is 22.4. The average molecular weight is 383 g/mol. The highest BCUT2D eigenvalue weighted by molar-refractivity contribution is 8.00. The number of thioether (sulfide) groups is 1. The summed E-state index contributed by atoms with van der Waals surface area (Å²) >= 11 is 3.07. The van der Waals surface area contributed by atoms with E-state index < -0.39 is 0 Å². The molecule has 0 bridgehead atoms. The molecule has 0 aliphatic heterocycles. The lowest BCUT2D eigenvalue weighted by molar-refractivity contribution is 0.221. The summed E-state index contributed by atoms with van der Waals surface area (Å²) in [6.07, 6.45) is 9.00. The highest BCUT2D eigenvalue weighted by Crippen LogP contribution is 2.30. The Morgan fingerprint density at radius 3 is 2.84 bits per heavy atom. The lowest BCUT2D eigenvalue weighted by Crippen LogP contribution is -2.32. The van der Waals surface area contributed by atoms with Crippen molar-refractivity contribution in [2.24, 2.45) is 0 Å². The van der Waals surface area contributed by atoms with Crippen molar-refractivity contribution in [1.29, 1.82) is 0 Å². The van der Waals surface area contributed by atoms with Crippen LogP contribution in [0, 0.1) is 0 Å². The molecule has 138 valence electrons. The van der Waals surface area contributed by atoms with Crippen molar-refractivity contribution in [1.82, 2.24) is 14.9 Å². The number of nitrogens with one attached hydrogen (secondary N) is 1. The minimum Gasteiger partial charge on any atom is -0.445 e. The fourth-order valence-corrected chi connectivity index (χ4v) is 3.87. The molecule has 2 amide bonds. The van der Waals surface area contributed by atoms with Gasteiger partial charge in [0.1, 0.15) is 5.76 Å². The first-order chi connectivity index (χ1) is 12.1. The molecular weight excluding hydrogens is 356 g/mol. The Labute approximate surface area is 157 Å². The first-order valence-corrected chi connectivity index (χ1v) is 10.5. The number of unbranched alkanes of at least 4 members (excludes halogenated alkanes) is 3. The van der Waals surface area contributed by atoms with Gasteiger partial charge >= 0.3 is 6.03 Å². The van der Waals surface area contributed by atoms with Crippen LogP contribution in [0.15, 0.2) is 21.0 Å². The molecule has 0 aromatic carbocycles. The number of aryl methyl sites for hydroxylation is 1. The van der Waals surface area contributed by atoms with Crippen LogP contribution in [0.3, 0.4) is 0 Å². The van der Waals surface area contributed by atoms with Crippen molar-refractivity contribution in [2.75, 3.05) is 18.9 Å². The number of carbonyl (C=O) groups excluding carboxylic acids is 1. The number of nitrogens with zero attached hydrogens (tertiary/aromatic N) is 3. The van der Waals surface area contributed by atoms with E-state index >= 15 is 0 Å². The molecule has 2 aromatic heterocycles. The fourth-order valence-electron chi connectivity index (χ4n) is 2.16. The van der Waals surface area contributed by atoms with E-state index in [4.69, 9.17) is 4.42 Å². The second kappa shape index (κ2) is 10.5. The predicted octanol–water partition coefficient (Wildman–Crippen LogP) is 5.03. The Morgan fingerprint density at radius 1 is 1.28 bits per heavy atom. The third-order valence-electron chi connectivity index (χ3n) is 3.68. The lowest BCUT2D eigenvalue weighted by Gasteiger charge is -2.16. The van der Waals surface area contributed by atoms with Gasteiger partial charge < -0.3 is 9.32 Å². The maximum atomic E-state index is 12.2. The van der Waals surface area contributed by atoms with Crippen molar-refractivity contribution < 1.29 is 9.21 Å². The molecule has 2 aromatic rings. The summed E-state index contributed by atoms with van der Waals surface area (Å²) in [5, 5.41) is 3.48. The third kappa shape index (κ3) is 6.70. The molecule has 0 spiro atoms. The van der Waals surface area contributed by atoms with Gasteiger partial charge in [0, 0.05) is 20.0 Å². The number of thiazole rings is 1. The highest BCUT2D eigenvalue weighted by Gasteiger charge is 2.12. The fraction of sp³-hybridized carbons (Fsp3) is 0.588. The van der Waals surface area contributed by atoms with Crippen molar-refractivity contribution >= 4 is 34.3 Å². The van der Waals surface area contributed by atoms with Crippen molar-refractivity contribution in [2.45, 2.75) is 55.9 Å².